The molecule has 3 nitrogen and oxygen atoms in total. The summed E-state index contributed by atoms with van der Waals surface area (Å²) in [5, 5.41) is 0.404. The van der Waals surface area contributed by atoms with Crippen LogP contribution >= 0.6 is 12.6 Å². The van der Waals surface area contributed by atoms with Gasteiger partial charge in [0.25, 0.3) is 0 Å². The number of halogens is 20. The van der Waals surface area contributed by atoms with E-state index in [1.165, 1.54) is 0 Å². The van der Waals surface area contributed by atoms with Crippen molar-refractivity contribution in [3.8, 4) is 0 Å². The summed E-state index contributed by atoms with van der Waals surface area (Å²) in [6.45, 7) is 2.40. The summed E-state index contributed by atoms with van der Waals surface area (Å²) in [7, 11) is 0. The quantitative estimate of drug-likeness (QED) is 0.0268. The van der Waals surface area contributed by atoms with E-state index in [1.54, 1.807) is 6.20 Å². The van der Waals surface area contributed by atoms with Crippen LogP contribution in [-0.4, -0.2) is 22.2 Å². The van der Waals surface area contributed by atoms with Gasteiger partial charge in [-0.1, -0.05) is 43.3 Å². The molecule has 0 amide bonds. The predicted molar refractivity (Wildman–Crippen MR) is 201 cm³/mol. The van der Waals surface area contributed by atoms with Gasteiger partial charge in [-0.25, -0.2) is 92.8 Å². The van der Waals surface area contributed by atoms with Crippen LogP contribution in [0.25, 0.3) is 6.08 Å². The summed E-state index contributed by atoms with van der Waals surface area (Å²) >= 11 is 4.36. The lowest BCUT2D eigenvalue weighted by Crippen LogP contribution is -2.81. The van der Waals surface area contributed by atoms with Crippen molar-refractivity contribution in [2.75, 3.05) is 0 Å². The van der Waals surface area contributed by atoms with Gasteiger partial charge in [0.05, 0.1) is 6.20 Å². The minimum Gasteiger partial charge on any atom is -0.287 e. The minimum absolute atomic E-state index is 0.0932. The predicted octanol–water partition coefficient (Wildman–Crippen LogP) is 9.21. The molecule has 6 rings (SSSR count). The zero-order chi connectivity index (χ0) is 50.1. The molecule has 0 saturated carbocycles. The molecule has 354 valence electrons. The highest BCUT2D eigenvalue weighted by Crippen LogP contribution is 2.31. The lowest BCUT2D eigenvalue weighted by molar-refractivity contribution is -0.683. The van der Waals surface area contributed by atoms with Crippen molar-refractivity contribution in [1.29, 1.82) is 0 Å². The summed E-state index contributed by atoms with van der Waals surface area (Å²) in [6, 6.07) is 9.33. The average molecular weight is 992 g/mol. The van der Waals surface area contributed by atoms with Crippen LogP contribution in [0, 0.1) is 116 Å². The summed E-state index contributed by atoms with van der Waals surface area (Å²) in [5.41, 5.74) is -12.7. The fraction of sp³-hybridized carbons (Fsp3) is 0.119. The smallest absolute Gasteiger partial charge is 0.227 e. The van der Waals surface area contributed by atoms with Gasteiger partial charge in [0, 0.05) is 5.56 Å². The highest BCUT2D eigenvalue weighted by atomic mass is 32.1. The number of Topliss-reactive ketones (excluding diaryl/α,β-unsaturated/α-hetero) is 1. The van der Waals surface area contributed by atoms with Crippen molar-refractivity contribution in [3.63, 3.8) is 0 Å². The zero-order valence-corrected chi connectivity index (χ0v) is 33.8. The van der Waals surface area contributed by atoms with E-state index in [0.29, 0.717) is 11.8 Å². The molecular weight excluding hydrogens is 971 g/mol. The van der Waals surface area contributed by atoms with Crippen molar-refractivity contribution >= 4 is 52.5 Å². The van der Waals surface area contributed by atoms with E-state index < -0.39 is 144 Å². The highest BCUT2D eigenvalue weighted by Gasteiger charge is 2.52. The summed E-state index contributed by atoms with van der Waals surface area (Å²) in [4.78, 5) is 16.5. The second kappa shape index (κ2) is 20.2. The van der Waals surface area contributed by atoms with E-state index in [9.17, 15) is 57.5 Å². The fourth-order valence-corrected chi connectivity index (χ4v) is 7.08. The van der Waals surface area contributed by atoms with Crippen LogP contribution in [0.15, 0.2) is 55.0 Å². The van der Waals surface area contributed by atoms with Gasteiger partial charge in [-0.15, -0.1) is 21.9 Å². The SMILES string of the molecule is CC(S)CCC=Cc1c[n+](CC(=O)c2ccccc2)ccn1.Fc1c(F)c(F)c([B-](c2c(F)c(F)c(F)c(F)c2F)(c2c(F)c(F)c(F)c(F)c2F)c2c(F)c(F)c(F)c(F)c2F)c(F)c1F. The van der Waals surface area contributed by atoms with Crippen molar-refractivity contribution in [2.45, 2.75) is 31.6 Å². The second-order valence-electron chi connectivity index (χ2n) is 14.1. The molecular formula is C42H21BF20N2OS. The van der Waals surface area contributed by atoms with Gasteiger partial charge in [-0.05, 0) is 24.2 Å². The standard InChI is InChI=1S/C24BF20.C18H20N2OS/c26-5-1(6(27)14(35)21(42)13(5)34)25(2-7(28)15(36)22(43)16(37)8(2)29,3-9(30)17(38)23(44)18(39)10(3)31)4-11(32)19(40)24(45)20(41)12(4)33;1-15(22)7-5-6-10-17-13-20(12-11-19-17)14-18(21)16-8-3-2-4-9-16/h;2-4,6,8-13,15H,5,7,14H2,1H3/q-1;/p+1. The van der Waals surface area contributed by atoms with Crippen molar-refractivity contribution in [2.24, 2.45) is 0 Å². The van der Waals surface area contributed by atoms with Gasteiger partial charge in [-0.2, -0.15) is 17.2 Å². The van der Waals surface area contributed by atoms with Gasteiger partial charge in [0.2, 0.25) is 12.3 Å². The molecule has 0 bridgehead atoms. The molecule has 0 fully saturated rings. The molecule has 1 aromatic heterocycles. The number of benzene rings is 5. The van der Waals surface area contributed by atoms with Gasteiger partial charge in [0.1, 0.15) is 58.4 Å². The molecule has 0 spiro atoms. The third-order valence-electron chi connectivity index (χ3n) is 9.95. The molecule has 0 radical (unpaired) electrons. The Morgan fingerprint density at radius 1 is 0.537 bits per heavy atom. The number of aromatic nitrogens is 2. The molecule has 0 aliphatic heterocycles. The lowest BCUT2D eigenvalue weighted by atomic mass is 9.12. The largest absolute Gasteiger partial charge is 0.287 e. The molecule has 0 N–H and O–H groups in total. The number of carbonyl (C=O) groups excluding carboxylic acids is 1. The van der Waals surface area contributed by atoms with E-state index in [4.69, 9.17) is 0 Å². The molecule has 5 aromatic carbocycles. The number of carbonyl (C=O) groups is 1. The van der Waals surface area contributed by atoms with E-state index in [0.717, 1.165) is 24.1 Å². The van der Waals surface area contributed by atoms with Gasteiger partial charge >= 0.3 is 0 Å². The minimum atomic E-state index is -7.22. The molecule has 6 aromatic rings. The Labute approximate surface area is 368 Å². The van der Waals surface area contributed by atoms with Gasteiger partial charge in [-0.3, -0.25) is 4.79 Å². The maximum atomic E-state index is 15.4. The Bertz CT molecular complexity index is 2570. The monoisotopic (exact) mass is 992 g/mol. The number of thiol groups is 1. The average Bonchev–Trinajstić information content (AvgIpc) is 3.30. The molecule has 0 saturated heterocycles. The second-order valence-corrected chi connectivity index (χ2v) is 15.0. The third-order valence-corrected chi connectivity index (χ3v) is 10.2. The first kappa shape index (κ1) is 51.6. The number of rotatable bonds is 11. The van der Waals surface area contributed by atoms with E-state index in [-0.39, 0.29) is 5.78 Å². The van der Waals surface area contributed by atoms with Crippen LogP contribution < -0.4 is 26.4 Å². The normalized spacial score (nSPS) is 12.1. The van der Waals surface area contributed by atoms with E-state index in [2.05, 4.69) is 30.6 Å². The Balaban J connectivity index is 0.000000319. The number of ketones is 1. The molecule has 1 heterocycles. The zero-order valence-electron chi connectivity index (χ0n) is 32.9. The molecule has 1 atom stereocenters. The summed E-state index contributed by atoms with van der Waals surface area (Å²) < 4.78 is 296. The Morgan fingerprint density at radius 2 is 0.851 bits per heavy atom. The van der Waals surface area contributed by atoms with Crippen LogP contribution in [0.2, 0.25) is 0 Å². The summed E-state index contributed by atoms with van der Waals surface area (Å²) in [5.74, 6) is -71.3. The number of allylic oxidation sites excluding steroid dienone is 1. The molecule has 1 unspecified atom stereocenters. The van der Waals surface area contributed by atoms with Crippen LogP contribution in [0.5, 0.6) is 0 Å². The van der Waals surface area contributed by atoms with Gasteiger partial charge in [0.15, 0.2) is 82.2 Å². The van der Waals surface area contributed by atoms with Crippen molar-refractivity contribution < 1.29 is 97.2 Å². The van der Waals surface area contributed by atoms with Crippen LogP contribution in [0.3, 0.4) is 0 Å². The molecule has 0 aliphatic carbocycles. The highest BCUT2D eigenvalue weighted by molar-refractivity contribution is 7.80. The van der Waals surface area contributed by atoms with Gasteiger partial charge < -0.3 is 0 Å². The van der Waals surface area contributed by atoms with Crippen LogP contribution in [0.1, 0.15) is 35.8 Å². The first-order valence-electron chi connectivity index (χ1n) is 18.4. The molecule has 0 aliphatic rings. The maximum Gasteiger partial charge on any atom is 0.227 e. The number of hydrogen-bond donors (Lipinski definition) is 1. The van der Waals surface area contributed by atoms with Crippen LogP contribution in [0.4, 0.5) is 87.8 Å². The first-order chi connectivity index (χ1) is 31.3. The summed E-state index contributed by atoms with van der Waals surface area (Å²) in [6.07, 6.45) is 4.31. The van der Waals surface area contributed by atoms with Crippen molar-refractivity contribution in [1.82, 2.24) is 4.98 Å². The van der Waals surface area contributed by atoms with E-state index in [1.807, 2.05) is 53.4 Å². The van der Waals surface area contributed by atoms with Crippen molar-refractivity contribution in [3.05, 3.63) is 183 Å². The number of hydrogen-bond acceptors (Lipinski definition) is 3. The maximum absolute atomic E-state index is 15.4. The first-order valence-corrected chi connectivity index (χ1v) is 18.9. The van der Waals surface area contributed by atoms with Crippen LogP contribution in [-0.2, 0) is 6.54 Å². The Kier molecular flexibility index (Phi) is 15.6. The molecule has 25 heteroatoms. The Hall–Kier alpha value is -6.40. The number of nitrogens with zero attached hydrogens (tertiary/aromatic N) is 2. The third kappa shape index (κ3) is 9.20. The fourth-order valence-electron chi connectivity index (χ4n) is 6.93. The Morgan fingerprint density at radius 3 is 1.16 bits per heavy atom. The topological polar surface area (TPSA) is 33.8 Å². The molecule has 67 heavy (non-hydrogen) atoms. The van der Waals surface area contributed by atoms with E-state index >= 15 is 35.1 Å². The lowest BCUT2D eigenvalue weighted by Gasteiger charge is -2.44.